The molecular formula is C54H33BN4. The number of nitrogens with zero attached hydrogens (tertiary/aromatic N) is 4. The van der Waals surface area contributed by atoms with E-state index >= 15 is 0 Å². The minimum absolute atomic E-state index is 0.0359. The van der Waals surface area contributed by atoms with Crippen LogP contribution in [0.25, 0.3) is 82.5 Å². The van der Waals surface area contributed by atoms with Crippen molar-refractivity contribution in [1.29, 1.82) is 0 Å². The van der Waals surface area contributed by atoms with Gasteiger partial charge in [-0.05, 0) is 89.2 Å². The summed E-state index contributed by atoms with van der Waals surface area (Å²) >= 11 is 0. The van der Waals surface area contributed by atoms with E-state index in [1.54, 1.807) is 0 Å². The molecule has 59 heavy (non-hydrogen) atoms. The highest BCUT2D eigenvalue weighted by Crippen LogP contribution is 2.45. The molecule has 2 aliphatic heterocycles. The predicted molar refractivity (Wildman–Crippen MR) is 249 cm³/mol. The van der Waals surface area contributed by atoms with Crippen LogP contribution in [0.1, 0.15) is 0 Å². The normalized spacial score (nSPS) is 12.7. The molecule has 2 aliphatic rings. The van der Waals surface area contributed by atoms with Crippen LogP contribution in [0, 0.1) is 0 Å². The Kier molecular flexibility index (Phi) is 6.07. The van der Waals surface area contributed by atoms with E-state index in [1.807, 2.05) is 0 Å². The van der Waals surface area contributed by atoms with Crippen molar-refractivity contribution in [2.24, 2.45) is 0 Å². The van der Waals surface area contributed by atoms with E-state index in [0.29, 0.717) is 0 Å². The molecule has 0 unspecified atom stereocenters. The van der Waals surface area contributed by atoms with Crippen LogP contribution in [0.15, 0.2) is 200 Å². The molecule has 0 spiro atoms. The van der Waals surface area contributed by atoms with Crippen LogP contribution in [0.4, 0.5) is 17.1 Å². The Bertz CT molecular complexity index is 3690. The number of hydrogen-bond acceptors (Lipinski definition) is 1. The smallest absolute Gasteiger partial charge is 0.254 e. The minimum Gasteiger partial charge on any atom is -0.310 e. The highest BCUT2D eigenvalue weighted by molar-refractivity contribution is 7.01. The molecule has 0 aliphatic carbocycles. The fourth-order valence-electron chi connectivity index (χ4n) is 11.0. The van der Waals surface area contributed by atoms with Gasteiger partial charge in [0.05, 0.1) is 33.3 Å². The Morgan fingerprint density at radius 1 is 0.322 bits per heavy atom. The molecule has 0 atom stereocenters. The average molecular weight is 749 g/mol. The van der Waals surface area contributed by atoms with E-state index in [9.17, 15) is 0 Å². The van der Waals surface area contributed by atoms with Crippen LogP contribution in [-0.2, 0) is 0 Å². The molecule has 0 radical (unpaired) electrons. The Balaban J connectivity index is 1.24. The lowest BCUT2D eigenvalue weighted by atomic mass is 9.34. The zero-order valence-electron chi connectivity index (χ0n) is 31.9. The first-order valence-corrected chi connectivity index (χ1v) is 20.5. The van der Waals surface area contributed by atoms with E-state index in [-0.39, 0.29) is 6.71 Å². The Hall–Kier alpha value is -7.76. The monoisotopic (exact) mass is 748 g/mol. The van der Waals surface area contributed by atoms with Gasteiger partial charge in [-0.2, -0.15) is 0 Å². The zero-order valence-corrected chi connectivity index (χ0v) is 31.9. The van der Waals surface area contributed by atoms with Crippen molar-refractivity contribution >= 4 is 106 Å². The third kappa shape index (κ3) is 3.99. The quantitative estimate of drug-likeness (QED) is 0.164. The summed E-state index contributed by atoms with van der Waals surface area (Å²) in [5.41, 5.74) is 18.5. The second-order valence-corrected chi connectivity index (χ2v) is 16.1. The van der Waals surface area contributed by atoms with Gasteiger partial charge in [0.2, 0.25) is 0 Å². The fourth-order valence-corrected chi connectivity index (χ4v) is 11.0. The van der Waals surface area contributed by atoms with E-state index in [1.165, 1.54) is 98.9 Å². The van der Waals surface area contributed by atoms with Crippen molar-refractivity contribution in [2.45, 2.75) is 0 Å². The van der Waals surface area contributed by atoms with Gasteiger partial charge in [-0.25, -0.2) is 0 Å². The second kappa shape index (κ2) is 11.4. The van der Waals surface area contributed by atoms with Crippen LogP contribution < -0.4 is 21.3 Å². The van der Waals surface area contributed by atoms with Crippen LogP contribution in [-0.4, -0.2) is 20.4 Å². The van der Waals surface area contributed by atoms with Gasteiger partial charge >= 0.3 is 0 Å². The number of aromatic nitrogens is 3. The lowest BCUT2D eigenvalue weighted by Crippen LogP contribution is -2.59. The lowest BCUT2D eigenvalue weighted by Gasteiger charge is -2.36. The first-order valence-electron chi connectivity index (χ1n) is 20.5. The molecule has 4 nitrogen and oxygen atoms in total. The van der Waals surface area contributed by atoms with E-state index in [2.05, 4.69) is 219 Å². The van der Waals surface area contributed by atoms with Crippen molar-refractivity contribution in [2.75, 3.05) is 4.90 Å². The second-order valence-electron chi connectivity index (χ2n) is 16.1. The summed E-state index contributed by atoms with van der Waals surface area (Å²) in [6, 6.07) is 74.0. The van der Waals surface area contributed by atoms with Gasteiger partial charge < -0.3 is 18.6 Å². The van der Waals surface area contributed by atoms with Gasteiger partial charge in [-0.15, -0.1) is 0 Å². The Morgan fingerprint density at radius 3 is 1.37 bits per heavy atom. The van der Waals surface area contributed by atoms with Crippen LogP contribution in [0.2, 0.25) is 0 Å². The number of hydrogen-bond donors (Lipinski definition) is 0. The summed E-state index contributed by atoms with van der Waals surface area (Å²) in [6.07, 6.45) is 0. The molecular weight excluding hydrogens is 715 g/mol. The number of para-hydroxylation sites is 7. The highest BCUT2D eigenvalue weighted by Gasteiger charge is 2.43. The summed E-state index contributed by atoms with van der Waals surface area (Å²) in [7, 11) is 0. The summed E-state index contributed by atoms with van der Waals surface area (Å²) in [4.78, 5) is 2.42. The summed E-state index contributed by atoms with van der Waals surface area (Å²) in [5.74, 6) is 0. The number of rotatable bonds is 4. The topological polar surface area (TPSA) is 18.0 Å². The maximum atomic E-state index is 2.61. The third-order valence-electron chi connectivity index (χ3n) is 13.1. The van der Waals surface area contributed by atoms with Crippen molar-refractivity contribution < 1.29 is 0 Å². The van der Waals surface area contributed by atoms with Crippen LogP contribution in [0.3, 0.4) is 0 Å². The first kappa shape index (κ1) is 31.3. The lowest BCUT2D eigenvalue weighted by molar-refractivity contribution is 1.13. The maximum absolute atomic E-state index is 2.61. The summed E-state index contributed by atoms with van der Waals surface area (Å²) in [6.45, 7) is -0.0359. The van der Waals surface area contributed by atoms with Gasteiger partial charge in [0.15, 0.2) is 0 Å². The third-order valence-corrected chi connectivity index (χ3v) is 13.1. The standard InChI is InChI=1S/C54H33BN4/c1-4-17-34(18-5-1)56(35-19-6-2-7-20-35)37-31-48-50-49(32-37)59-47-30-15-12-25-40(47)43-33-42-39-24-11-13-28-45(39)57(36-21-8-3-9-22-36)53(42)51(54(43)59)55(50)44-27-16-26-41-38-23-10-14-29-46(38)58(48)52(41)44/h1-33H. The van der Waals surface area contributed by atoms with E-state index < -0.39 is 0 Å². The molecule has 0 fully saturated rings. The molecule has 14 rings (SSSR count). The van der Waals surface area contributed by atoms with Gasteiger partial charge in [0.25, 0.3) is 6.71 Å². The van der Waals surface area contributed by atoms with Gasteiger partial charge in [0.1, 0.15) is 0 Å². The molecule has 0 saturated heterocycles. The molecule has 0 amide bonds. The summed E-state index contributed by atoms with van der Waals surface area (Å²) in [5, 5.41) is 7.68. The van der Waals surface area contributed by atoms with Crippen molar-refractivity contribution in [3.05, 3.63) is 200 Å². The average Bonchev–Trinajstić information content (AvgIpc) is 3.94. The highest BCUT2D eigenvalue weighted by atomic mass is 15.2. The Labute approximate surface area is 340 Å². The zero-order chi connectivity index (χ0) is 38.3. The molecule has 9 aromatic carbocycles. The SMILES string of the molecule is c1ccc(N(c2ccccc2)c2cc3c4c(c2)-n2c5ccccc5c5cc6c7ccccc7n(-c7ccccc7)c6c(c52)B4c2cccc4c5ccccc5n-3c24)cc1. The van der Waals surface area contributed by atoms with Gasteiger partial charge in [-0.3, -0.25) is 0 Å². The van der Waals surface area contributed by atoms with Crippen LogP contribution in [0.5, 0.6) is 0 Å². The van der Waals surface area contributed by atoms with Gasteiger partial charge in [0, 0.05) is 66.3 Å². The van der Waals surface area contributed by atoms with Gasteiger partial charge in [-0.1, -0.05) is 127 Å². The Morgan fingerprint density at radius 2 is 0.780 bits per heavy atom. The van der Waals surface area contributed by atoms with E-state index in [0.717, 1.165) is 17.1 Å². The molecule has 0 N–H and O–H groups in total. The van der Waals surface area contributed by atoms with Crippen molar-refractivity contribution in [1.82, 2.24) is 13.7 Å². The number of benzene rings is 9. The van der Waals surface area contributed by atoms with Crippen LogP contribution >= 0.6 is 0 Å². The molecule has 12 aromatic rings. The molecule has 5 heteroatoms. The maximum Gasteiger partial charge on any atom is 0.254 e. The van der Waals surface area contributed by atoms with Crippen molar-refractivity contribution in [3.8, 4) is 17.1 Å². The molecule has 0 saturated carbocycles. The number of anilines is 3. The molecule has 0 bridgehead atoms. The molecule has 272 valence electrons. The fraction of sp³-hybridized carbons (Fsp3) is 0. The minimum atomic E-state index is -0.0359. The summed E-state index contributed by atoms with van der Waals surface area (Å²) < 4.78 is 7.72. The largest absolute Gasteiger partial charge is 0.310 e. The molecule has 3 aromatic heterocycles. The number of fused-ring (bicyclic) bond motifs is 14. The molecule has 5 heterocycles. The van der Waals surface area contributed by atoms with Crippen molar-refractivity contribution in [3.63, 3.8) is 0 Å². The predicted octanol–water partition coefficient (Wildman–Crippen LogP) is 11.6. The van der Waals surface area contributed by atoms with E-state index in [4.69, 9.17) is 0 Å². The first-order chi connectivity index (χ1) is 29.3.